The Morgan fingerprint density at radius 3 is 2.29 bits per heavy atom. The van der Waals surface area contributed by atoms with E-state index in [4.69, 9.17) is 11.6 Å². The molecule has 0 fully saturated rings. The maximum atomic E-state index is 13.3. The van der Waals surface area contributed by atoms with Gasteiger partial charge in [0.1, 0.15) is 6.04 Å². The summed E-state index contributed by atoms with van der Waals surface area (Å²) in [6, 6.07) is 13.7. The predicted molar refractivity (Wildman–Crippen MR) is 142 cm³/mol. The SMILES string of the molecule is CC[C@@H](C)NC(=O)[C@H](C)N(Cc1ccccc1Cl)C(=O)CCCN(c1ccccc1C)S(C)(=O)=O. The largest absolute Gasteiger partial charge is 0.352 e. The van der Waals surface area contributed by atoms with E-state index in [1.165, 1.54) is 9.21 Å². The average molecular weight is 522 g/mol. The molecule has 2 aromatic carbocycles. The van der Waals surface area contributed by atoms with Gasteiger partial charge in [0.05, 0.1) is 11.9 Å². The molecule has 0 aromatic heterocycles. The van der Waals surface area contributed by atoms with Gasteiger partial charge in [-0.15, -0.1) is 0 Å². The van der Waals surface area contributed by atoms with Crippen molar-refractivity contribution < 1.29 is 18.0 Å². The molecule has 0 heterocycles. The van der Waals surface area contributed by atoms with Crippen molar-refractivity contribution in [2.24, 2.45) is 0 Å². The van der Waals surface area contributed by atoms with Crippen molar-refractivity contribution in [1.29, 1.82) is 0 Å². The Bertz CT molecular complexity index is 1120. The highest BCUT2D eigenvalue weighted by molar-refractivity contribution is 7.92. The minimum atomic E-state index is -3.53. The van der Waals surface area contributed by atoms with Crippen molar-refractivity contribution in [1.82, 2.24) is 10.2 Å². The third kappa shape index (κ3) is 8.25. The van der Waals surface area contributed by atoms with Crippen LogP contribution in [0.25, 0.3) is 0 Å². The Kier molecular flexibility index (Phi) is 10.6. The average Bonchev–Trinajstić information content (AvgIpc) is 2.80. The van der Waals surface area contributed by atoms with Gasteiger partial charge >= 0.3 is 0 Å². The zero-order chi connectivity index (χ0) is 26.2. The van der Waals surface area contributed by atoms with Gasteiger partial charge in [0.15, 0.2) is 0 Å². The van der Waals surface area contributed by atoms with Crippen LogP contribution in [0.2, 0.25) is 5.02 Å². The number of sulfonamides is 1. The molecule has 0 bridgehead atoms. The van der Waals surface area contributed by atoms with Crippen LogP contribution in [-0.4, -0.2) is 50.0 Å². The molecule has 0 unspecified atom stereocenters. The van der Waals surface area contributed by atoms with Crippen molar-refractivity contribution in [2.45, 2.75) is 65.6 Å². The summed E-state index contributed by atoms with van der Waals surface area (Å²) in [4.78, 5) is 27.7. The number of hydrogen-bond acceptors (Lipinski definition) is 4. The Labute approximate surface area is 214 Å². The van der Waals surface area contributed by atoms with E-state index in [0.29, 0.717) is 17.1 Å². The lowest BCUT2D eigenvalue weighted by Crippen LogP contribution is -2.49. The standard InChI is InChI=1S/C26H36ClN3O4S/c1-6-20(3)28-26(32)21(4)29(18-22-13-8-9-14-23(22)27)25(31)16-11-17-30(35(5,33)34)24-15-10-7-12-19(24)2/h7-10,12-15,20-21H,6,11,16-18H2,1-5H3,(H,28,32)/t20-,21+/m1/s1. The molecule has 7 nitrogen and oxygen atoms in total. The van der Waals surface area contributed by atoms with Crippen LogP contribution in [0.1, 0.15) is 51.2 Å². The number of carbonyl (C=O) groups excluding carboxylic acids is 2. The lowest BCUT2D eigenvalue weighted by atomic mass is 10.1. The first kappa shape index (κ1) is 28.7. The molecule has 2 amide bonds. The number of carbonyl (C=O) groups is 2. The molecular weight excluding hydrogens is 486 g/mol. The normalized spacial score (nSPS) is 13.1. The number of anilines is 1. The van der Waals surface area contributed by atoms with Crippen LogP contribution >= 0.6 is 11.6 Å². The van der Waals surface area contributed by atoms with E-state index in [9.17, 15) is 18.0 Å². The number of aryl methyl sites for hydroxylation is 1. The van der Waals surface area contributed by atoms with Gasteiger partial charge in [-0.05, 0) is 56.9 Å². The fraction of sp³-hybridized carbons (Fsp3) is 0.462. The molecule has 2 aromatic rings. The third-order valence-electron chi connectivity index (χ3n) is 6.00. The molecule has 0 aliphatic heterocycles. The van der Waals surface area contributed by atoms with Crippen LogP contribution in [0.4, 0.5) is 5.69 Å². The van der Waals surface area contributed by atoms with Crippen LogP contribution in [0.15, 0.2) is 48.5 Å². The minimum absolute atomic E-state index is 0.0142. The van der Waals surface area contributed by atoms with Crippen LogP contribution in [-0.2, 0) is 26.2 Å². The highest BCUT2D eigenvalue weighted by Gasteiger charge is 2.27. The molecule has 2 rings (SSSR count). The topological polar surface area (TPSA) is 86.8 Å². The van der Waals surface area contributed by atoms with Crippen molar-refractivity contribution in [3.8, 4) is 0 Å². The highest BCUT2D eigenvalue weighted by Crippen LogP contribution is 2.23. The number of nitrogens with zero attached hydrogens (tertiary/aromatic N) is 2. The van der Waals surface area contributed by atoms with E-state index in [1.807, 2.05) is 51.1 Å². The van der Waals surface area contributed by atoms with E-state index in [-0.39, 0.29) is 37.4 Å². The number of amides is 2. The summed E-state index contributed by atoms with van der Waals surface area (Å²) in [5.74, 6) is -0.479. The van der Waals surface area contributed by atoms with Gasteiger partial charge in [-0.3, -0.25) is 13.9 Å². The van der Waals surface area contributed by atoms with E-state index in [0.717, 1.165) is 23.8 Å². The lowest BCUT2D eigenvalue weighted by molar-refractivity contribution is -0.140. The summed E-state index contributed by atoms with van der Waals surface area (Å²) >= 11 is 6.33. The summed E-state index contributed by atoms with van der Waals surface area (Å²) in [7, 11) is -3.53. The Morgan fingerprint density at radius 1 is 1.06 bits per heavy atom. The molecule has 0 saturated heterocycles. The van der Waals surface area contributed by atoms with Gasteiger partial charge in [-0.1, -0.05) is 54.9 Å². The molecule has 2 atom stereocenters. The van der Waals surface area contributed by atoms with Crippen molar-refractivity contribution in [2.75, 3.05) is 17.1 Å². The van der Waals surface area contributed by atoms with Gasteiger partial charge in [-0.2, -0.15) is 0 Å². The van der Waals surface area contributed by atoms with Crippen LogP contribution in [0.5, 0.6) is 0 Å². The van der Waals surface area contributed by atoms with E-state index >= 15 is 0 Å². The van der Waals surface area contributed by atoms with Crippen molar-refractivity contribution >= 4 is 39.1 Å². The number of halogens is 1. The second-order valence-corrected chi connectivity index (χ2v) is 11.1. The zero-order valence-corrected chi connectivity index (χ0v) is 22.7. The van der Waals surface area contributed by atoms with Gasteiger partial charge in [0, 0.05) is 30.6 Å². The first-order valence-electron chi connectivity index (χ1n) is 11.8. The number of hydrogen-bond donors (Lipinski definition) is 1. The maximum absolute atomic E-state index is 13.3. The molecule has 0 radical (unpaired) electrons. The highest BCUT2D eigenvalue weighted by atomic mass is 35.5. The summed E-state index contributed by atoms with van der Waals surface area (Å²) in [6.07, 6.45) is 2.33. The summed E-state index contributed by atoms with van der Waals surface area (Å²) in [5, 5.41) is 3.45. The summed E-state index contributed by atoms with van der Waals surface area (Å²) < 4.78 is 26.3. The molecule has 35 heavy (non-hydrogen) atoms. The Morgan fingerprint density at radius 2 is 1.69 bits per heavy atom. The first-order chi connectivity index (χ1) is 16.5. The van der Waals surface area contributed by atoms with Crippen molar-refractivity contribution in [3.05, 3.63) is 64.7 Å². The minimum Gasteiger partial charge on any atom is -0.352 e. The van der Waals surface area contributed by atoms with E-state index in [1.54, 1.807) is 25.1 Å². The quantitative estimate of drug-likeness (QED) is 0.444. The number of para-hydroxylation sites is 1. The second-order valence-electron chi connectivity index (χ2n) is 8.83. The first-order valence-corrected chi connectivity index (χ1v) is 14.0. The lowest BCUT2D eigenvalue weighted by Gasteiger charge is -2.30. The summed E-state index contributed by atoms with van der Waals surface area (Å²) in [6.45, 7) is 7.77. The molecule has 1 N–H and O–H groups in total. The van der Waals surface area contributed by atoms with Gasteiger partial charge in [0.2, 0.25) is 21.8 Å². The molecule has 0 spiro atoms. The maximum Gasteiger partial charge on any atom is 0.242 e. The fourth-order valence-electron chi connectivity index (χ4n) is 3.68. The van der Waals surface area contributed by atoms with Crippen LogP contribution in [0, 0.1) is 6.92 Å². The molecule has 192 valence electrons. The third-order valence-corrected chi connectivity index (χ3v) is 7.55. The van der Waals surface area contributed by atoms with Crippen LogP contribution < -0.4 is 9.62 Å². The van der Waals surface area contributed by atoms with Crippen molar-refractivity contribution in [3.63, 3.8) is 0 Å². The van der Waals surface area contributed by atoms with E-state index < -0.39 is 16.1 Å². The monoisotopic (exact) mass is 521 g/mol. The Balaban J connectivity index is 2.20. The molecule has 9 heteroatoms. The molecular formula is C26H36ClN3O4S. The van der Waals surface area contributed by atoms with Gasteiger partial charge in [0.25, 0.3) is 0 Å². The number of benzene rings is 2. The van der Waals surface area contributed by atoms with Gasteiger partial charge in [-0.25, -0.2) is 8.42 Å². The molecule has 0 aliphatic carbocycles. The number of rotatable bonds is 12. The fourth-order valence-corrected chi connectivity index (χ4v) is 4.90. The molecule has 0 saturated carbocycles. The van der Waals surface area contributed by atoms with Crippen LogP contribution in [0.3, 0.4) is 0 Å². The predicted octanol–water partition coefficient (Wildman–Crippen LogP) is 4.53. The number of nitrogens with one attached hydrogen (secondary N) is 1. The molecule has 0 aliphatic rings. The smallest absolute Gasteiger partial charge is 0.242 e. The zero-order valence-electron chi connectivity index (χ0n) is 21.1. The second kappa shape index (κ2) is 12.9. The summed E-state index contributed by atoms with van der Waals surface area (Å²) in [5.41, 5.74) is 2.17. The van der Waals surface area contributed by atoms with Gasteiger partial charge < -0.3 is 10.2 Å². The van der Waals surface area contributed by atoms with E-state index in [2.05, 4.69) is 5.32 Å². The Hall–Kier alpha value is -2.58.